The standard InChI is InChI=1S/C15H16Cl3N3O2.C13H19NO2S/c1-2-4-20(15(22)21-5-3-19-10-21)6-7-23-14-12(17)8-11(16)9-13(14)18;1-4-7-11(5-2)12-9-6-8-10(3)13(12)17(14,15)16/h3,5,8-10H,2,4,6-7H2,1H3;5-6,8-9,11H,2,4,7H2,1,3H3,(H2,14,15,16). The molecule has 218 valence electrons. The maximum absolute atomic E-state index is 12.3. The average Bonchev–Trinajstić information content (AvgIpc) is 3.42. The largest absolute Gasteiger partial charge is 0.489 e. The second kappa shape index (κ2) is 16.0. The normalized spacial score (nSPS) is 11.8. The van der Waals surface area contributed by atoms with Gasteiger partial charge in [-0.15, -0.1) is 6.58 Å². The van der Waals surface area contributed by atoms with Gasteiger partial charge in [0.1, 0.15) is 12.9 Å². The van der Waals surface area contributed by atoms with E-state index < -0.39 is 10.0 Å². The van der Waals surface area contributed by atoms with Crippen molar-refractivity contribution in [1.82, 2.24) is 14.5 Å². The summed E-state index contributed by atoms with van der Waals surface area (Å²) in [6.07, 6.45) is 9.10. The molecule has 1 unspecified atom stereocenters. The van der Waals surface area contributed by atoms with Crippen LogP contribution in [0, 0.1) is 6.92 Å². The number of benzene rings is 2. The van der Waals surface area contributed by atoms with Gasteiger partial charge in [0, 0.05) is 29.9 Å². The van der Waals surface area contributed by atoms with Crippen LogP contribution >= 0.6 is 34.8 Å². The third kappa shape index (κ3) is 9.52. The summed E-state index contributed by atoms with van der Waals surface area (Å²) in [5.41, 5.74) is 1.44. The van der Waals surface area contributed by atoms with Crippen molar-refractivity contribution in [1.29, 1.82) is 0 Å². The lowest BCUT2D eigenvalue weighted by Crippen LogP contribution is -2.37. The van der Waals surface area contributed by atoms with E-state index in [9.17, 15) is 13.2 Å². The fraction of sp³-hybridized carbons (Fsp3) is 0.357. The third-order valence-electron chi connectivity index (χ3n) is 5.87. The van der Waals surface area contributed by atoms with Gasteiger partial charge in [-0.2, -0.15) is 0 Å². The second-order valence-corrected chi connectivity index (χ2v) is 11.7. The highest BCUT2D eigenvalue weighted by Crippen LogP contribution is 2.35. The molecule has 0 radical (unpaired) electrons. The number of hydrogen-bond donors (Lipinski definition) is 1. The number of rotatable bonds is 11. The van der Waals surface area contributed by atoms with Crippen LogP contribution in [0.15, 0.2) is 66.6 Å². The van der Waals surface area contributed by atoms with Crippen molar-refractivity contribution in [2.75, 3.05) is 19.7 Å². The highest BCUT2D eigenvalue weighted by Gasteiger charge is 2.21. The topological polar surface area (TPSA) is 108 Å². The van der Waals surface area contributed by atoms with Gasteiger partial charge in [-0.1, -0.05) is 79.3 Å². The van der Waals surface area contributed by atoms with Crippen LogP contribution in [-0.4, -0.2) is 48.6 Å². The zero-order valence-corrected chi connectivity index (χ0v) is 25.9. The van der Waals surface area contributed by atoms with Gasteiger partial charge >= 0.3 is 6.03 Å². The molecule has 0 saturated heterocycles. The Hall–Kier alpha value is -2.56. The predicted octanol–water partition coefficient (Wildman–Crippen LogP) is 7.31. The lowest BCUT2D eigenvalue weighted by Gasteiger charge is -2.22. The smallest absolute Gasteiger partial charge is 0.329 e. The van der Waals surface area contributed by atoms with Gasteiger partial charge < -0.3 is 9.64 Å². The van der Waals surface area contributed by atoms with Crippen molar-refractivity contribution >= 4 is 50.9 Å². The van der Waals surface area contributed by atoms with Crippen LogP contribution in [0.25, 0.3) is 0 Å². The van der Waals surface area contributed by atoms with E-state index in [1.165, 1.54) is 10.9 Å². The Morgan fingerprint density at radius 2 is 1.85 bits per heavy atom. The molecule has 40 heavy (non-hydrogen) atoms. The summed E-state index contributed by atoms with van der Waals surface area (Å²) in [5.74, 6) is 0.400. The first kappa shape index (κ1) is 33.6. The number of amides is 1. The van der Waals surface area contributed by atoms with Crippen LogP contribution < -0.4 is 9.88 Å². The van der Waals surface area contributed by atoms with E-state index in [2.05, 4.69) is 18.5 Å². The van der Waals surface area contributed by atoms with Crippen molar-refractivity contribution in [3.05, 3.63) is 87.9 Å². The van der Waals surface area contributed by atoms with E-state index in [0.29, 0.717) is 39.5 Å². The van der Waals surface area contributed by atoms with Gasteiger partial charge in [-0.3, -0.25) is 4.57 Å². The molecular weight excluding hydrogens is 595 g/mol. The van der Waals surface area contributed by atoms with Gasteiger partial charge in [0.25, 0.3) is 0 Å². The summed E-state index contributed by atoms with van der Waals surface area (Å²) in [6, 6.07) is 8.40. The number of primary sulfonamides is 1. The number of imidazole rings is 1. The minimum atomic E-state index is -3.69. The molecule has 1 aromatic heterocycles. The number of sulfonamides is 1. The first-order valence-corrected chi connectivity index (χ1v) is 15.4. The number of halogens is 3. The van der Waals surface area contributed by atoms with Gasteiger partial charge in [0.15, 0.2) is 5.75 Å². The van der Waals surface area contributed by atoms with E-state index in [0.717, 1.165) is 24.8 Å². The zero-order valence-electron chi connectivity index (χ0n) is 22.8. The molecule has 1 atom stereocenters. The molecule has 0 fully saturated rings. The number of carbonyl (C=O) groups excluding carboxylic acids is 1. The van der Waals surface area contributed by atoms with Gasteiger partial charge in [0.2, 0.25) is 10.0 Å². The quantitative estimate of drug-likeness (QED) is 0.224. The summed E-state index contributed by atoms with van der Waals surface area (Å²) >= 11 is 18.0. The Balaban J connectivity index is 0.000000294. The van der Waals surface area contributed by atoms with E-state index in [1.807, 2.05) is 19.1 Å². The van der Waals surface area contributed by atoms with Crippen LogP contribution in [0.2, 0.25) is 15.1 Å². The molecule has 0 spiro atoms. The fourth-order valence-corrected chi connectivity index (χ4v) is 6.09. The van der Waals surface area contributed by atoms with E-state index in [1.54, 1.807) is 48.5 Å². The number of hydrogen-bond acceptors (Lipinski definition) is 5. The van der Waals surface area contributed by atoms with Crippen LogP contribution in [0.5, 0.6) is 5.75 Å². The minimum absolute atomic E-state index is 0.0354. The predicted molar refractivity (Wildman–Crippen MR) is 162 cm³/mol. The molecule has 8 nitrogen and oxygen atoms in total. The van der Waals surface area contributed by atoms with Crippen molar-refractivity contribution < 1.29 is 17.9 Å². The SMILES string of the molecule is C=CC(CCC)c1cccc(C)c1S(N)(=O)=O.CCCN(CCOc1c(Cl)cc(Cl)cc1Cl)C(=O)n1ccnc1. The molecule has 3 rings (SSSR count). The highest BCUT2D eigenvalue weighted by atomic mass is 35.5. The Morgan fingerprint density at radius 1 is 1.18 bits per heavy atom. The first-order valence-electron chi connectivity index (χ1n) is 12.7. The molecule has 1 heterocycles. The monoisotopic (exact) mass is 628 g/mol. The number of carbonyl (C=O) groups is 1. The average molecular weight is 630 g/mol. The summed E-state index contributed by atoms with van der Waals surface area (Å²) in [5, 5.41) is 6.40. The molecule has 0 bridgehead atoms. The summed E-state index contributed by atoms with van der Waals surface area (Å²) in [7, 11) is -3.69. The number of nitrogens with zero attached hydrogens (tertiary/aromatic N) is 3. The van der Waals surface area contributed by atoms with Gasteiger partial charge in [-0.25, -0.2) is 23.3 Å². The molecule has 3 aromatic rings. The molecule has 0 saturated carbocycles. The molecule has 1 amide bonds. The third-order valence-corrected chi connectivity index (χ3v) is 7.78. The first-order chi connectivity index (χ1) is 18.9. The van der Waals surface area contributed by atoms with Crippen molar-refractivity contribution in [2.24, 2.45) is 5.14 Å². The Labute approximate surface area is 251 Å². The zero-order chi connectivity index (χ0) is 29.9. The number of nitrogens with two attached hydrogens (primary N) is 1. The maximum Gasteiger partial charge on any atom is 0.329 e. The molecular formula is C28H35Cl3N4O4S. The number of aromatic nitrogens is 2. The van der Waals surface area contributed by atoms with Crippen LogP contribution in [0.3, 0.4) is 0 Å². The second-order valence-electron chi connectivity index (χ2n) is 8.96. The van der Waals surface area contributed by atoms with Crippen molar-refractivity contribution in [3.63, 3.8) is 0 Å². The fourth-order valence-electron chi connectivity index (χ4n) is 4.10. The Kier molecular flexibility index (Phi) is 13.5. The van der Waals surface area contributed by atoms with Gasteiger partial charge in [-0.05, 0) is 43.0 Å². The lowest BCUT2D eigenvalue weighted by molar-refractivity contribution is 0.184. The Bertz CT molecular complexity index is 1360. The molecule has 0 aliphatic heterocycles. The Morgan fingerprint density at radius 3 is 2.38 bits per heavy atom. The van der Waals surface area contributed by atoms with Crippen LogP contribution in [0.1, 0.15) is 50.2 Å². The molecule has 0 aliphatic carbocycles. The highest BCUT2D eigenvalue weighted by molar-refractivity contribution is 7.89. The van der Waals surface area contributed by atoms with E-state index >= 15 is 0 Å². The number of allylic oxidation sites excluding steroid dienone is 1. The lowest BCUT2D eigenvalue weighted by atomic mass is 9.93. The molecule has 12 heteroatoms. The molecule has 2 N–H and O–H groups in total. The number of aryl methyl sites for hydroxylation is 1. The molecule has 2 aromatic carbocycles. The minimum Gasteiger partial charge on any atom is -0.489 e. The van der Waals surface area contributed by atoms with E-state index in [4.69, 9.17) is 44.7 Å². The molecule has 0 aliphatic rings. The summed E-state index contributed by atoms with van der Waals surface area (Å²) in [6.45, 7) is 10.9. The number of ether oxygens (including phenoxy) is 1. The summed E-state index contributed by atoms with van der Waals surface area (Å²) < 4.78 is 30.3. The van der Waals surface area contributed by atoms with Crippen molar-refractivity contribution in [3.8, 4) is 5.75 Å². The van der Waals surface area contributed by atoms with Gasteiger partial charge in [0.05, 0.1) is 21.5 Å². The summed E-state index contributed by atoms with van der Waals surface area (Å²) in [4.78, 5) is 18.2. The maximum atomic E-state index is 12.3. The van der Waals surface area contributed by atoms with E-state index in [-0.39, 0.29) is 23.5 Å². The van der Waals surface area contributed by atoms with Crippen molar-refractivity contribution in [2.45, 2.75) is 50.8 Å². The van der Waals surface area contributed by atoms with Crippen LogP contribution in [-0.2, 0) is 10.0 Å². The van der Waals surface area contributed by atoms with Crippen LogP contribution in [0.4, 0.5) is 4.79 Å².